The fourth-order valence-electron chi connectivity index (χ4n) is 1.74. The SMILES string of the molecule is CCN(C(C)=O)C(C(=O)O)c1ccc(Cl)cc1Br. The van der Waals surface area contributed by atoms with Gasteiger partial charge in [0, 0.05) is 28.5 Å². The zero-order valence-corrected chi connectivity index (χ0v) is 12.3. The van der Waals surface area contributed by atoms with E-state index in [0.29, 0.717) is 21.6 Å². The molecule has 0 aliphatic heterocycles. The summed E-state index contributed by atoms with van der Waals surface area (Å²) in [6.07, 6.45) is 0. The lowest BCUT2D eigenvalue weighted by Gasteiger charge is -2.27. The number of likely N-dealkylation sites (N-methyl/N-ethyl adjacent to an activating group) is 1. The summed E-state index contributed by atoms with van der Waals surface area (Å²) >= 11 is 9.10. The highest BCUT2D eigenvalue weighted by atomic mass is 79.9. The lowest BCUT2D eigenvalue weighted by atomic mass is 10.1. The number of carbonyl (C=O) groups is 2. The molecular weight excluding hydrogens is 321 g/mol. The first-order chi connectivity index (χ1) is 8.38. The number of hydrogen-bond donors (Lipinski definition) is 1. The lowest BCUT2D eigenvalue weighted by molar-refractivity contribution is -0.149. The topological polar surface area (TPSA) is 57.6 Å². The summed E-state index contributed by atoms with van der Waals surface area (Å²) in [7, 11) is 0. The third-order valence-corrected chi connectivity index (χ3v) is 3.47. The molecule has 1 amide bonds. The summed E-state index contributed by atoms with van der Waals surface area (Å²) < 4.78 is 0.571. The fraction of sp³-hybridized carbons (Fsp3) is 0.333. The van der Waals surface area contributed by atoms with E-state index in [1.807, 2.05) is 0 Å². The van der Waals surface area contributed by atoms with Gasteiger partial charge in [0.15, 0.2) is 6.04 Å². The van der Waals surface area contributed by atoms with Crippen molar-refractivity contribution in [2.75, 3.05) is 6.54 Å². The molecule has 0 bridgehead atoms. The molecule has 6 heteroatoms. The monoisotopic (exact) mass is 333 g/mol. The average molecular weight is 335 g/mol. The van der Waals surface area contributed by atoms with Crippen LogP contribution in [0.1, 0.15) is 25.5 Å². The Labute approximate surface area is 119 Å². The van der Waals surface area contributed by atoms with Crippen LogP contribution in [0.3, 0.4) is 0 Å². The minimum absolute atomic E-state index is 0.285. The first kappa shape index (κ1) is 15.0. The van der Waals surface area contributed by atoms with Crippen molar-refractivity contribution >= 4 is 39.4 Å². The Bertz CT molecular complexity index is 478. The van der Waals surface area contributed by atoms with Crippen LogP contribution >= 0.6 is 27.5 Å². The van der Waals surface area contributed by atoms with E-state index in [0.717, 1.165) is 0 Å². The molecular formula is C12H13BrClNO3. The van der Waals surface area contributed by atoms with Crippen LogP contribution in [-0.4, -0.2) is 28.4 Å². The number of carbonyl (C=O) groups excluding carboxylic acids is 1. The van der Waals surface area contributed by atoms with Gasteiger partial charge in [-0.1, -0.05) is 33.6 Å². The molecule has 1 aromatic carbocycles. The molecule has 0 saturated heterocycles. The van der Waals surface area contributed by atoms with Gasteiger partial charge in [0.25, 0.3) is 0 Å². The second-order valence-corrected chi connectivity index (χ2v) is 5.00. The summed E-state index contributed by atoms with van der Waals surface area (Å²) in [5.41, 5.74) is 0.504. The predicted octanol–water partition coefficient (Wildman–Crippen LogP) is 3.10. The van der Waals surface area contributed by atoms with Gasteiger partial charge in [0.1, 0.15) is 0 Å². The molecule has 1 N–H and O–H groups in total. The molecule has 0 spiro atoms. The van der Waals surface area contributed by atoms with Crippen LogP contribution in [0, 0.1) is 0 Å². The Morgan fingerprint density at radius 1 is 1.50 bits per heavy atom. The normalized spacial score (nSPS) is 12.0. The molecule has 0 saturated carbocycles. The Morgan fingerprint density at radius 3 is 2.50 bits per heavy atom. The Balaban J connectivity index is 3.27. The number of halogens is 2. The molecule has 1 atom stereocenters. The van der Waals surface area contributed by atoms with Gasteiger partial charge in [-0.05, 0) is 19.1 Å². The van der Waals surface area contributed by atoms with E-state index >= 15 is 0 Å². The van der Waals surface area contributed by atoms with Gasteiger partial charge in [-0.3, -0.25) is 4.79 Å². The van der Waals surface area contributed by atoms with E-state index in [4.69, 9.17) is 11.6 Å². The van der Waals surface area contributed by atoms with Crippen LogP contribution in [0.15, 0.2) is 22.7 Å². The number of rotatable bonds is 4. The van der Waals surface area contributed by atoms with Crippen LogP contribution in [-0.2, 0) is 9.59 Å². The highest BCUT2D eigenvalue weighted by Gasteiger charge is 2.29. The third kappa shape index (κ3) is 3.23. The largest absolute Gasteiger partial charge is 0.479 e. The minimum atomic E-state index is -1.07. The second-order valence-electron chi connectivity index (χ2n) is 3.71. The van der Waals surface area contributed by atoms with Crippen LogP contribution < -0.4 is 0 Å². The van der Waals surface area contributed by atoms with Gasteiger partial charge in [0.2, 0.25) is 5.91 Å². The van der Waals surface area contributed by atoms with Crippen LogP contribution in [0.25, 0.3) is 0 Å². The zero-order chi connectivity index (χ0) is 13.9. The van der Waals surface area contributed by atoms with Crippen LogP contribution in [0.2, 0.25) is 5.02 Å². The Morgan fingerprint density at radius 2 is 2.11 bits per heavy atom. The fourth-order valence-corrected chi connectivity index (χ4v) is 2.64. The van der Waals surface area contributed by atoms with E-state index in [1.165, 1.54) is 11.8 Å². The maximum atomic E-state index is 11.5. The minimum Gasteiger partial charge on any atom is -0.479 e. The molecule has 0 aliphatic carbocycles. The number of nitrogens with zero attached hydrogens (tertiary/aromatic N) is 1. The summed E-state index contributed by atoms with van der Waals surface area (Å²) in [6, 6.07) is 3.81. The molecule has 0 aliphatic rings. The van der Waals surface area contributed by atoms with E-state index in [9.17, 15) is 14.7 Å². The van der Waals surface area contributed by atoms with E-state index in [1.54, 1.807) is 25.1 Å². The maximum Gasteiger partial charge on any atom is 0.331 e. The summed E-state index contributed by atoms with van der Waals surface area (Å²) in [5.74, 6) is -1.36. The van der Waals surface area contributed by atoms with E-state index in [2.05, 4.69) is 15.9 Å². The third-order valence-electron chi connectivity index (χ3n) is 2.55. The summed E-state index contributed by atoms with van der Waals surface area (Å²) in [4.78, 5) is 24.2. The van der Waals surface area contributed by atoms with Crippen molar-refractivity contribution in [3.8, 4) is 0 Å². The maximum absolute atomic E-state index is 11.5. The van der Waals surface area contributed by atoms with Crippen LogP contribution in [0.4, 0.5) is 0 Å². The predicted molar refractivity (Wildman–Crippen MR) is 72.6 cm³/mol. The highest BCUT2D eigenvalue weighted by Crippen LogP contribution is 2.30. The summed E-state index contributed by atoms with van der Waals surface area (Å²) in [5, 5.41) is 9.82. The molecule has 0 aromatic heterocycles. The van der Waals surface area contributed by atoms with Gasteiger partial charge in [-0.2, -0.15) is 0 Å². The number of carboxylic acid groups (broad SMARTS) is 1. The van der Waals surface area contributed by atoms with Crippen molar-refractivity contribution in [2.24, 2.45) is 0 Å². The van der Waals surface area contributed by atoms with Crippen molar-refractivity contribution in [2.45, 2.75) is 19.9 Å². The first-order valence-corrected chi connectivity index (χ1v) is 6.50. The Hall–Kier alpha value is -1.07. The molecule has 1 rings (SSSR count). The molecule has 0 fully saturated rings. The zero-order valence-electron chi connectivity index (χ0n) is 9.98. The van der Waals surface area contributed by atoms with Crippen molar-refractivity contribution in [3.63, 3.8) is 0 Å². The number of hydrogen-bond acceptors (Lipinski definition) is 2. The molecule has 18 heavy (non-hydrogen) atoms. The highest BCUT2D eigenvalue weighted by molar-refractivity contribution is 9.10. The molecule has 98 valence electrons. The number of aliphatic carboxylic acids is 1. The molecule has 0 heterocycles. The summed E-state index contributed by atoms with van der Waals surface area (Å²) in [6.45, 7) is 3.41. The van der Waals surface area contributed by atoms with Crippen molar-refractivity contribution in [1.82, 2.24) is 4.90 Å². The standard InChI is InChI=1S/C12H13BrClNO3/c1-3-15(7(2)16)11(12(17)18)9-5-4-8(14)6-10(9)13/h4-6,11H,3H2,1-2H3,(H,17,18). The van der Waals surface area contributed by atoms with Gasteiger partial charge in [-0.25, -0.2) is 4.79 Å². The first-order valence-electron chi connectivity index (χ1n) is 5.33. The van der Waals surface area contributed by atoms with Crippen molar-refractivity contribution < 1.29 is 14.7 Å². The van der Waals surface area contributed by atoms with Crippen LogP contribution in [0.5, 0.6) is 0 Å². The second kappa shape index (κ2) is 6.20. The van der Waals surface area contributed by atoms with Gasteiger partial charge >= 0.3 is 5.97 Å². The lowest BCUT2D eigenvalue weighted by Crippen LogP contribution is -2.37. The van der Waals surface area contributed by atoms with Gasteiger partial charge in [-0.15, -0.1) is 0 Å². The van der Waals surface area contributed by atoms with Crippen molar-refractivity contribution in [3.05, 3.63) is 33.3 Å². The number of amides is 1. The van der Waals surface area contributed by atoms with Gasteiger partial charge in [0.05, 0.1) is 0 Å². The smallest absolute Gasteiger partial charge is 0.331 e. The number of benzene rings is 1. The molecule has 1 unspecified atom stereocenters. The molecule has 4 nitrogen and oxygen atoms in total. The Kier molecular flexibility index (Phi) is 5.16. The van der Waals surface area contributed by atoms with Crippen molar-refractivity contribution in [1.29, 1.82) is 0 Å². The number of carboxylic acids is 1. The average Bonchev–Trinajstić information content (AvgIpc) is 2.26. The van der Waals surface area contributed by atoms with E-state index < -0.39 is 12.0 Å². The van der Waals surface area contributed by atoms with Gasteiger partial charge < -0.3 is 10.0 Å². The quantitative estimate of drug-likeness (QED) is 0.920. The molecule has 0 radical (unpaired) electrons. The van der Waals surface area contributed by atoms with E-state index in [-0.39, 0.29) is 5.91 Å². The molecule has 1 aromatic rings.